The smallest absolute Gasteiger partial charge is 0.220 e. The van der Waals surface area contributed by atoms with Crippen molar-refractivity contribution in [3.8, 4) is 0 Å². The maximum Gasteiger partial charge on any atom is 0.220 e. The summed E-state index contributed by atoms with van der Waals surface area (Å²) in [5.74, 6) is 1.40. The van der Waals surface area contributed by atoms with E-state index in [1.165, 1.54) is 44.9 Å². The van der Waals surface area contributed by atoms with Gasteiger partial charge in [-0.25, -0.2) is 0 Å². The fourth-order valence-corrected chi connectivity index (χ4v) is 3.12. The van der Waals surface area contributed by atoms with Gasteiger partial charge in [0, 0.05) is 18.3 Å². The van der Waals surface area contributed by atoms with Gasteiger partial charge >= 0.3 is 0 Å². The van der Waals surface area contributed by atoms with E-state index in [0.29, 0.717) is 24.3 Å². The molecule has 3 heteroatoms. The Kier molecular flexibility index (Phi) is 8.49. The Hall–Kier alpha value is -0.240. The summed E-state index contributed by atoms with van der Waals surface area (Å²) in [5, 5.41) is 3.19. The van der Waals surface area contributed by atoms with E-state index >= 15 is 0 Å². The minimum Gasteiger partial charge on any atom is -0.353 e. The monoisotopic (exact) mass is 273 g/mol. The lowest BCUT2D eigenvalue weighted by Crippen LogP contribution is -2.42. The quantitative estimate of drug-likeness (QED) is 0.520. The molecule has 0 heterocycles. The maximum atomic E-state index is 11.9. The Morgan fingerprint density at radius 2 is 1.89 bits per heavy atom. The van der Waals surface area contributed by atoms with Crippen LogP contribution in [0.2, 0.25) is 0 Å². The topological polar surface area (TPSA) is 29.1 Å². The molecule has 0 radical (unpaired) electrons. The molecule has 18 heavy (non-hydrogen) atoms. The number of amides is 1. The lowest BCUT2D eigenvalue weighted by Gasteiger charge is -2.30. The van der Waals surface area contributed by atoms with E-state index in [-0.39, 0.29) is 5.91 Å². The molecule has 0 aliphatic heterocycles. The zero-order chi connectivity index (χ0) is 13.2. The van der Waals surface area contributed by atoms with Crippen LogP contribution < -0.4 is 5.32 Å². The maximum absolute atomic E-state index is 11.9. The molecule has 0 spiro atoms. The van der Waals surface area contributed by atoms with Gasteiger partial charge in [-0.3, -0.25) is 4.79 Å². The predicted molar refractivity (Wildman–Crippen MR) is 78.0 cm³/mol. The second-order valence-corrected chi connectivity index (χ2v) is 5.85. The molecule has 1 N–H and O–H groups in total. The second kappa shape index (κ2) is 9.66. The Labute approximate surface area is 117 Å². The number of hydrogen-bond donors (Lipinski definition) is 1. The van der Waals surface area contributed by atoms with Crippen LogP contribution in [-0.2, 0) is 4.79 Å². The number of carbonyl (C=O) groups excluding carboxylic acids is 1. The van der Waals surface area contributed by atoms with Gasteiger partial charge in [-0.05, 0) is 25.2 Å². The molecule has 0 aromatic heterocycles. The van der Waals surface area contributed by atoms with E-state index in [0.717, 1.165) is 12.8 Å². The number of alkyl halides is 1. The van der Waals surface area contributed by atoms with E-state index in [2.05, 4.69) is 12.2 Å². The largest absolute Gasteiger partial charge is 0.353 e. The molecule has 0 aromatic carbocycles. The van der Waals surface area contributed by atoms with Crippen LogP contribution in [0.15, 0.2) is 0 Å². The molecular formula is C15H28ClNO. The molecule has 1 aliphatic carbocycles. The standard InChI is InChI=1S/C15H28ClNO/c1-2-3-4-5-6-11-15(18)17-14-10-8-7-9-13(14)12-16/h13-14H,2-12H2,1H3,(H,17,18). The van der Waals surface area contributed by atoms with Crippen LogP contribution in [0.25, 0.3) is 0 Å². The van der Waals surface area contributed by atoms with Gasteiger partial charge in [-0.15, -0.1) is 11.6 Å². The van der Waals surface area contributed by atoms with Crippen LogP contribution in [-0.4, -0.2) is 17.8 Å². The molecular weight excluding hydrogens is 246 g/mol. The number of unbranched alkanes of at least 4 members (excludes halogenated alkanes) is 4. The third-order valence-corrected chi connectivity index (χ3v) is 4.36. The molecule has 2 nitrogen and oxygen atoms in total. The normalized spacial score (nSPS) is 23.9. The fourth-order valence-electron chi connectivity index (χ4n) is 2.75. The highest BCUT2D eigenvalue weighted by Gasteiger charge is 2.25. The third-order valence-electron chi connectivity index (χ3n) is 3.96. The number of nitrogens with one attached hydrogen (secondary N) is 1. The van der Waals surface area contributed by atoms with Crippen molar-refractivity contribution in [3.05, 3.63) is 0 Å². The lowest BCUT2D eigenvalue weighted by atomic mass is 9.85. The highest BCUT2D eigenvalue weighted by molar-refractivity contribution is 6.18. The molecule has 0 saturated heterocycles. The van der Waals surface area contributed by atoms with Crippen molar-refractivity contribution in [1.29, 1.82) is 0 Å². The van der Waals surface area contributed by atoms with Crippen molar-refractivity contribution in [2.75, 3.05) is 5.88 Å². The fraction of sp³-hybridized carbons (Fsp3) is 0.933. The molecule has 0 aromatic rings. The molecule has 106 valence electrons. The van der Waals surface area contributed by atoms with Gasteiger partial charge in [0.2, 0.25) is 5.91 Å². The van der Waals surface area contributed by atoms with Gasteiger partial charge in [-0.2, -0.15) is 0 Å². The number of carbonyl (C=O) groups is 1. The first-order valence-electron chi connectivity index (χ1n) is 7.63. The highest BCUT2D eigenvalue weighted by Crippen LogP contribution is 2.25. The average molecular weight is 274 g/mol. The van der Waals surface area contributed by atoms with Crippen LogP contribution in [0, 0.1) is 5.92 Å². The Morgan fingerprint density at radius 3 is 2.61 bits per heavy atom. The van der Waals surface area contributed by atoms with E-state index < -0.39 is 0 Å². The van der Waals surface area contributed by atoms with Crippen LogP contribution in [0.4, 0.5) is 0 Å². The average Bonchev–Trinajstić information content (AvgIpc) is 2.39. The third kappa shape index (κ3) is 6.08. The Balaban J connectivity index is 2.14. The van der Waals surface area contributed by atoms with E-state index in [4.69, 9.17) is 11.6 Å². The molecule has 2 unspecified atom stereocenters. The van der Waals surface area contributed by atoms with E-state index in [1.54, 1.807) is 0 Å². The summed E-state index contributed by atoms with van der Waals surface area (Å²) in [6.45, 7) is 2.21. The highest BCUT2D eigenvalue weighted by atomic mass is 35.5. The van der Waals surface area contributed by atoms with Crippen molar-refractivity contribution >= 4 is 17.5 Å². The van der Waals surface area contributed by atoms with Crippen molar-refractivity contribution in [1.82, 2.24) is 5.32 Å². The summed E-state index contributed by atoms with van der Waals surface area (Å²) in [7, 11) is 0. The summed E-state index contributed by atoms with van der Waals surface area (Å²) >= 11 is 5.97. The van der Waals surface area contributed by atoms with Gasteiger partial charge in [0.05, 0.1) is 0 Å². The number of rotatable bonds is 8. The summed E-state index contributed by atoms with van der Waals surface area (Å²) in [5.41, 5.74) is 0. The van der Waals surface area contributed by atoms with Gasteiger partial charge in [-0.1, -0.05) is 45.4 Å². The first-order chi connectivity index (χ1) is 8.77. The Morgan fingerprint density at radius 1 is 1.17 bits per heavy atom. The summed E-state index contributed by atoms with van der Waals surface area (Å²) < 4.78 is 0. The number of hydrogen-bond acceptors (Lipinski definition) is 1. The molecule has 2 atom stereocenters. The molecule has 1 rings (SSSR count). The first kappa shape index (κ1) is 15.8. The second-order valence-electron chi connectivity index (χ2n) is 5.54. The van der Waals surface area contributed by atoms with Crippen molar-refractivity contribution in [2.24, 2.45) is 5.92 Å². The van der Waals surface area contributed by atoms with E-state index in [9.17, 15) is 4.79 Å². The van der Waals surface area contributed by atoms with Crippen molar-refractivity contribution in [3.63, 3.8) is 0 Å². The number of halogens is 1. The first-order valence-corrected chi connectivity index (χ1v) is 8.16. The van der Waals surface area contributed by atoms with Gasteiger partial charge in [0.25, 0.3) is 0 Å². The summed E-state index contributed by atoms with van der Waals surface area (Å²) in [6.07, 6.45) is 11.5. The van der Waals surface area contributed by atoms with Crippen LogP contribution in [0.3, 0.4) is 0 Å². The minimum atomic E-state index is 0.230. The summed E-state index contributed by atoms with van der Waals surface area (Å²) in [6, 6.07) is 0.333. The van der Waals surface area contributed by atoms with Crippen LogP contribution in [0.1, 0.15) is 71.1 Å². The summed E-state index contributed by atoms with van der Waals surface area (Å²) in [4.78, 5) is 11.9. The lowest BCUT2D eigenvalue weighted by molar-refractivity contribution is -0.122. The van der Waals surface area contributed by atoms with Crippen LogP contribution in [0.5, 0.6) is 0 Å². The van der Waals surface area contributed by atoms with Gasteiger partial charge in [0.15, 0.2) is 0 Å². The Bertz CT molecular complexity index is 233. The van der Waals surface area contributed by atoms with Crippen molar-refractivity contribution < 1.29 is 4.79 Å². The molecule has 1 fully saturated rings. The SMILES string of the molecule is CCCCCCCC(=O)NC1CCCCC1CCl. The minimum absolute atomic E-state index is 0.230. The predicted octanol–water partition coefficient (Wildman–Crippen LogP) is 4.26. The van der Waals surface area contributed by atoms with Crippen molar-refractivity contribution in [2.45, 2.75) is 77.2 Å². The van der Waals surface area contributed by atoms with E-state index in [1.807, 2.05) is 0 Å². The zero-order valence-electron chi connectivity index (χ0n) is 11.7. The van der Waals surface area contributed by atoms with Gasteiger partial charge in [0.1, 0.15) is 0 Å². The van der Waals surface area contributed by atoms with Gasteiger partial charge < -0.3 is 5.32 Å². The molecule has 1 amide bonds. The molecule has 0 bridgehead atoms. The molecule has 1 saturated carbocycles. The zero-order valence-corrected chi connectivity index (χ0v) is 12.5. The molecule has 1 aliphatic rings. The van der Waals surface area contributed by atoms with Crippen LogP contribution >= 0.6 is 11.6 Å².